The van der Waals surface area contributed by atoms with E-state index in [4.69, 9.17) is 9.47 Å². The molecule has 0 spiro atoms. The van der Waals surface area contributed by atoms with Gasteiger partial charge in [0.1, 0.15) is 11.5 Å². The molecule has 2 amide bonds. The van der Waals surface area contributed by atoms with E-state index in [0.29, 0.717) is 34.3 Å². The van der Waals surface area contributed by atoms with Crippen molar-refractivity contribution in [3.8, 4) is 17.4 Å². The van der Waals surface area contributed by atoms with Crippen LogP contribution < -0.4 is 19.9 Å². The molecule has 10 nitrogen and oxygen atoms in total. The number of fused-ring (bicyclic) bond motifs is 1. The lowest BCUT2D eigenvalue weighted by Gasteiger charge is -2.18. The van der Waals surface area contributed by atoms with Gasteiger partial charge in [0.2, 0.25) is 17.8 Å². The number of aromatic nitrogens is 4. The number of H-pyrrole nitrogens is 2. The van der Waals surface area contributed by atoms with Crippen LogP contribution >= 0.6 is 0 Å². The fourth-order valence-electron chi connectivity index (χ4n) is 4.24. The molecular formula is C23H21N5O5. The van der Waals surface area contributed by atoms with Gasteiger partial charge < -0.3 is 14.5 Å². The summed E-state index contributed by atoms with van der Waals surface area (Å²) in [5, 5.41) is 2.98. The molecule has 3 heterocycles. The second kappa shape index (κ2) is 7.66. The molecule has 1 saturated heterocycles. The molecule has 0 bridgehead atoms. The van der Waals surface area contributed by atoms with E-state index in [0.717, 1.165) is 10.4 Å². The van der Waals surface area contributed by atoms with E-state index in [1.54, 1.807) is 25.1 Å². The van der Waals surface area contributed by atoms with Crippen molar-refractivity contribution in [3.63, 3.8) is 0 Å². The molecule has 2 N–H and O–H groups in total. The van der Waals surface area contributed by atoms with Crippen LogP contribution in [0.5, 0.6) is 11.5 Å². The Labute approximate surface area is 187 Å². The first kappa shape index (κ1) is 20.6. The van der Waals surface area contributed by atoms with Crippen LogP contribution in [-0.2, 0) is 9.59 Å². The summed E-state index contributed by atoms with van der Waals surface area (Å²) in [6, 6.07) is 12.2. The number of rotatable bonds is 5. The van der Waals surface area contributed by atoms with Crippen LogP contribution in [0.15, 0.2) is 47.3 Å². The Bertz CT molecular complexity index is 1430. The maximum Gasteiger partial charge on any atom is 0.278 e. The van der Waals surface area contributed by atoms with E-state index >= 15 is 0 Å². The van der Waals surface area contributed by atoms with Crippen molar-refractivity contribution in [1.82, 2.24) is 19.7 Å². The molecule has 168 valence electrons. The zero-order chi connectivity index (χ0) is 23.3. The number of ether oxygens (including phenoxy) is 2. The Kier molecular flexibility index (Phi) is 4.77. The third-order valence-corrected chi connectivity index (χ3v) is 5.83. The van der Waals surface area contributed by atoms with Crippen molar-refractivity contribution in [3.05, 3.63) is 64.1 Å². The number of hydrogen-bond acceptors (Lipinski definition) is 6. The number of anilines is 1. The van der Waals surface area contributed by atoms with Gasteiger partial charge in [-0.3, -0.25) is 19.5 Å². The number of carbonyl (C=O) groups is 2. The average Bonchev–Trinajstić information content (AvgIpc) is 3.46. The van der Waals surface area contributed by atoms with Gasteiger partial charge in [-0.15, -0.1) is 0 Å². The maximum absolute atomic E-state index is 13.4. The van der Waals surface area contributed by atoms with Crippen molar-refractivity contribution >= 4 is 28.5 Å². The number of nitrogens with zero attached hydrogens (tertiary/aromatic N) is 3. The molecule has 0 radical (unpaired) electrons. The summed E-state index contributed by atoms with van der Waals surface area (Å²) in [7, 11) is 2.96. The molecule has 2 aromatic carbocycles. The Balaban J connectivity index is 1.54. The maximum atomic E-state index is 13.4. The lowest BCUT2D eigenvalue weighted by Crippen LogP contribution is -2.31. The second-order valence-corrected chi connectivity index (χ2v) is 7.73. The molecule has 0 aliphatic carbocycles. The van der Waals surface area contributed by atoms with Crippen molar-refractivity contribution < 1.29 is 19.1 Å². The molecule has 1 atom stereocenters. The van der Waals surface area contributed by atoms with Gasteiger partial charge in [-0.25, -0.2) is 9.88 Å². The number of imidazole rings is 1. The third kappa shape index (κ3) is 3.18. The summed E-state index contributed by atoms with van der Waals surface area (Å²) in [4.78, 5) is 48.2. The zero-order valence-electron chi connectivity index (χ0n) is 18.2. The molecular weight excluding hydrogens is 426 g/mol. The second-order valence-electron chi connectivity index (χ2n) is 7.73. The van der Waals surface area contributed by atoms with Gasteiger partial charge in [-0.1, -0.05) is 12.1 Å². The molecule has 1 aliphatic heterocycles. The standard InChI is InChI=1S/C23H21N5O5/c1-12-20(22(31)28(26-12)23-24-15-6-4-5-7-16(15)25-23)14-11-19(29)27(21(14)30)17-9-8-13(32-2)10-18(17)33-3/h4-10,14,26H,11H2,1-3H3,(H,24,25)/t14-/m0/s1. The molecule has 0 saturated carbocycles. The largest absolute Gasteiger partial charge is 0.497 e. The summed E-state index contributed by atoms with van der Waals surface area (Å²) < 4.78 is 11.8. The van der Waals surface area contributed by atoms with Crippen molar-refractivity contribution in [2.75, 3.05) is 19.1 Å². The van der Waals surface area contributed by atoms with Crippen LogP contribution in [0.3, 0.4) is 0 Å². The summed E-state index contributed by atoms with van der Waals surface area (Å²) in [6.45, 7) is 1.70. The Morgan fingerprint density at radius 3 is 2.58 bits per heavy atom. The third-order valence-electron chi connectivity index (χ3n) is 5.83. The first-order chi connectivity index (χ1) is 15.9. The van der Waals surface area contributed by atoms with Gasteiger partial charge in [0.05, 0.1) is 42.4 Å². The smallest absolute Gasteiger partial charge is 0.278 e. The first-order valence-electron chi connectivity index (χ1n) is 10.3. The SMILES string of the molecule is COc1ccc(N2C(=O)C[C@@H](c3c(C)[nH]n(-c4nc5ccccc5[nH]4)c3=O)C2=O)c(OC)c1. The van der Waals surface area contributed by atoms with Gasteiger partial charge in [-0.2, -0.15) is 4.68 Å². The highest BCUT2D eigenvalue weighted by molar-refractivity contribution is 6.23. The Morgan fingerprint density at radius 1 is 1.06 bits per heavy atom. The molecule has 10 heteroatoms. The number of amides is 2. The van der Waals surface area contributed by atoms with Gasteiger partial charge in [0.15, 0.2) is 0 Å². The summed E-state index contributed by atoms with van der Waals surface area (Å²) in [5.74, 6) is -0.661. The number of carbonyl (C=O) groups excluding carboxylic acids is 2. The van der Waals surface area contributed by atoms with Gasteiger partial charge >= 0.3 is 0 Å². The van der Waals surface area contributed by atoms with Gasteiger partial charge in [-0.05, 0) is 31.2 Å². The minimum Gasteiger partial charge on any atom is -0.497 e. The van der Waals surface area contributed by atoms with Crippen LogP contribution in [0.25, 0.3) is 17.0 Å². The fraction of sp³-hybridized carbons (Fsp3) is 0.217. The summed E-state index contributed by atoms with van der Waals surface area (Å²) >= 11 is 0. The molecule has 1 fully saturated rings. The van der Waals surface area contributed by atoms with E-state index < -0.39 is 23.3 Å². The van der Waals surface area contributed by atoms with Crippen LogP contribution in [0.1, 0.15) is 23.6 Å². The fourth-order valence-corrected chi connectivity index (χ4v) is 4.24. The zero-order valence-corrected chi connectivity index (χ0v) is 18.2. The van der Waals surface area contributed by atoms with Crippen molar-refractivity contribution in [2.45, 2.75) is 19.3 Å². The highest BCUT2D eigenvalue weighted by Gasteiger charge is 2.44. The predicted octanol–water partition coefficient (Wildman–Crippen LogP) is 2.41. The number of hydrogen-bond donors (Lipinski definition) is 2. The lowest BCUT2D eigenvalue weighted by molar-refractivity contribution is -0.121. The molecule has 2 aromatic heterocycles. The minimum absolute atomic E-state index is 0.123. The first-order valence-corrected chi connectivity index (χ1v) is 10.3. The molecule has 4 aromatic rings. The molecule has 33 heavy (non-hydrogen) atoms. The number of aryl methyl sites for hydroxylation is 1. The predicted molar refractivity (Wildman–Crippen MR) is 120 cm³/mol. The number of benzene rings is 2. The molecule has 0 unspecified atom stereocenters. The minimum atomic E-state index is -0.918. The number of para-hydroxylation sites is 2. The monoisotopic (exact) mass is 447 g/mol. The molecule has 1 aliphatic rings. The Morgan fingerprint density at radius 2 is 1.85 bits per heavy atom. The topological polar surface area (TPSA) is 122 Å². The van der Waals surface area contributed by atoms with Crippen LogP contribution in [-0.4, -0.2) is 45.8 Å². The number of aromatic amines is 2. The van der Waals surface area contributed by atoms with E-state index in [1.807, 2.05) is 24.3 Å². The van der Waals surface area contributed by atoms with Gasteiger partial charge in [0.25, 0.3) is 5.56 Å². The normalized spacial score (nSPS) is 16.1. The number of methoxy groups -OCH3 is 2. The van der Waals surface area contributed by atoms with E-state index in [9.17, 15) is 14.4 Å². The molecule has 5 rings (SSSR count). The number of nitrogens with one attached hydrogen (secondary N) is 2. The quantitative estimate of drug-likeness (QED) is 0.453. The summed E-state index contributed by atoms with van der Waals surface area (Å²) in [6.07, 6.45) is -0.123. The summed E-state index contributed by atoms with van der Waals surface area (Å²) in [5.41, 5.74) is 2.10. The van der Waals surface area contributed by atoms with Crippen LogP contribution in [0, 0.1) is 6.92 Å². The van der Waals surface area contributed by atoms with Crippen molar-refractivity contribution in [2.24, 2.45) is 0 Å². The van der Waals surface area contributed by atoms with Crippen LogP contribution in [0.4, 0.5) is 5.69 Å². The highest BCUT2D eigenvalue weighted by Crippen LogP contribution is 2.39. The highest BCUT2D eigenvalue weighted by atomic mass is 16.5. The Hall–Kier alpha value is -4.34. The van der Waals surface area contributed by atoms with Crippen LogP contribution in [0.2, 0.25) is 0 Å². The average molecular weight is 447 g/mol. The number of imide groups is 1. The van der Waals surface area contributed by atoms with E-state index in [2.05, 4.69) is 15.1 Å². The lowest BCUT2D eigenvalue weighted by atomic mass is 9.98. The van der Waals surface area contributed by atoms with E-state index in [-0.39, 0.29) is 12.0 Å². The van der Waals surface area contributed by atoms with Crippen molar-refractivity contribution in [1.29, 1.82) is 0 Å². The van der Waals surface area contributed by atoms with E-state index in [1.165, 1.54) is 18.9 Å². The van der Waals surface area contributed by atoms with Gasteiger partial charge in [0, 0.05) is 18.2 Å².